The van der Waals surface area contributed by atoms with Crippen LogP contribution in [-0.2, 0) is 21.2 Å². The molecule has 2 aromatic carbocycles. The van der Waals surface area contributed by atoms with E-state index in [-0.39, 0.29) is 18.0 Å². The molecule has 12 heteroatoms. The number of hydrogen-bond acceptors (Lipinski definition) is 8. The molecule has 0 saturated carbocycles. The summed E-state index contributed by atoms with van der Waals surface area (Å²) in [7, 11) is -1.07. The van der Waals surface area contributed by atoms with Gasteiger partial charge in [-0.15, -0.1) is 0 Å². The number of carbonyl (C=O) groups excluding carboxylic acids is 1. The third-order valence-corrected chi connectivity index (χ3v) is 7.58. The van der Waals surface area contributed by atoms with Crippen molar-refractivity contribution in [2.75, 3.05) is 39.6 Å². The number of nitrogens with one attached hydrogen (secondary N) is 2. The highest BCUT2D eigenvalue weighted by atomic mass is 32.2. The van der Waals surface area contributed by atoms with Crippen LogP contribution in [0, 0.1) is 0 Å². The van der Waals surface area contributed by atoms with Crippen LogP contribution in [0.25, 0.3) is 0 Å². The third-order valence-electron chi connectivity index (χ3n) is 4.86. The first-order chi connectivity index (χ1) is 16.4. The Hall–Kier alpha value is -3.09. The van der Waals surface area contributed by atoms with Gasteiger partial charge in [0.05, 0.1) is 25.7 Å². The molecule has 0 bridgehead atoms. The number of aromatic amines is 1. The molecule has 182 valence electrons. The first-order valence-corrected chi connectivity index (χ1v) is 12.9. The summed E-state index contributed by atoms with van der Waals surface area (Å²) < 4.78 is 38.6. The van der Waals surface area contributed by atoms with Crippen LogP contribution < -0.4 is 14.8 Å². The van der Waals surface area contributed by atoms with Crippen LogP contribution in [0.4, 0.5) is 0 Å². The van der Waals surface area contributed by atoms with Crippen LogP contribution in [-0.4, -0.2) is 73.4 Å². The normalized spacial score (nSPS) is 11.4. The molecule has 2 N–H and O–H groups in total. The summed E-state index contributed by atoms with van der Waals surface area (Å²) in [5, 5.41) is 9.91. The van der Waals surface area contributed by atoms with Gasteiger partial charge >= 0.3 is 0 Å². The molecule has 0 fully saturated rings. The van der Waals surface area contributed by atoms with E-state index in [1.165, 1.54) is 54.8 Å². The van der Waals surface area contributed by atoms with Crippen molar-refractivity contribution in [3.05, 3.63) is 60.4 Å². The van der Waals surface area contributed by atoms with Gasteiger partial charge in [0.2, 0.25) is 15.9 Å². The fraction of sp³-hybridized carbons (Fsp3) is 0.318. The Balaban J connectivity index is 1.71. The maximum atomic E-state index is 13.5. The highest BCUT2D eigenvalue weighted by Crippen LogP contribution is 2.30. The number of carbonyl (C=O) groups is 1. The molecule has 1 heterocycles. The molecule has 0 atom stereocenters. The first-order valence-electron chi connectivity index (χ1n) is 10.4. The predicted molar refractivity (Wildman–Crippen MR) is 129 cm³/mol. The maximum Gasteiger partial charge on any atom is 0.243 e. The second-order valence-electron chi connectivity index (χ2n) is 7.08. The highest BCUT2D eigenvalue weighted by molar-refractivity contribution is 7.99. The van der Waals surface area contributed by atoms with Crippen molar-refractivity contribution in [1.82, 2.24) is 24.8 Å². The van der Waals surface area contributed by atoms with E-state index >= 15 is 0 Å². The van der Waals surface area contributed by atoms with Crippen molar-refractivity contribution in [1.29, 1.82) is 0 Å². The minimum atomic E-state index is -3.98. The number of sulfonamides is 1. The highest BCUT2D eigenvalue weighted by Gasteiger charge is 2.27. The Morgan fingerprint density at radius 3 is 2.56 bits per heavy atom. The second-order valence-corrected chi connectivity index (χ2v) is 10.1. The molecule has 0 unspecified atom stereocenters. The standard InChI is InChI=1S/C22H27N5O5S2/c1-31-19-9-8-18(14-20(19)32-2)34(29,30)27(12-10-17-6-4-3-5-7-17)15-21(28)23-11-13-33-22-24-16-25-26-22/h3-9,14,16H,10-13,15H2,1-2H3,(H,23,28)(H,24,25,26). The van der Waals surface area contributed by atoms with Crippen molar-refractivity contribution >= 4 is 27.7 Å². The number of methoxy groups -OCH3 is 2. The molecule has 1 amide bonds. The smallest absolute Gasteiger partial charge is 0.243 e. The van der Waals surface area contributed by atoms with Crippen molar-refractivity contribution in [3.8, 4) is 11.5 Å². The van der Waals surface area contributed by atoms with Gasteiger partial charge in [-0.05, 0) is 24.1 Å². The lowest BCUT2D eigenvalue weighted by Gasteiger charge is -2.22. The van der Waals surface area contributed by atoms with E-state index < -0.39 is 15.9 Å². The number of H-pyrrole nitrogens is 1. The molecule has 3 aromatic rings. The lowest BCUT2D eigenvalue weighted by atomic mass is 10.1. The number of amides is 1. The summed E-state index contributed by atoms with van der Waals surface area (Å²) in [6.45, 7) is 0.185. The van der Waals surface area contributed by atoms with Gasteiger partial charge in [0.25, 0.3) is 0 Å². The molecule has 34 heavy (non-hydrogen) atoms. The molecule has 0 aliphatic rings. The van der Waals surface area contributed by atoms with Gasteiger partial charge in [-0.1, -0.05) is 42.1 Å². The SMILES string of the molecule is COc1ccc(S(=O)(=O)N(CCc2ccccc2)CC(=O)NCCSc2ncn[nH]2)cc1OC. The van der Waals surface area contributed by atoms with Gasteiger partial charge in [0, 0.05) is 24.9 Å². The molecular weight excluding hydrogens is 478 g/mol. The van der Waals surface area contributed by atoms with Crippen molar-refractivity contribution < 1.29 is 22.7 Å². The number of nitrogens with zero attached hydrogens (tertiary/aromatic N) is 3. The van der Waals surface area contributed by atoms with Crippen LogP contribution in [0.2, 0.25) is 0 Å². The average molecular weight is 506 g/mol. The molecule has 0 saturated heterocycles. The molecule has 0 aliphatic heterocycles. The van der Waals surface area contributed by atoms with Crippen LogP contribution >= 0.6 is 11.8 Å². The molecule has 10 nitrogen and oxygen atoms in total. The Bertz CT molecular complexity index is 1160. The summed E-state index contributed by atoms with van der Waals surface area (Å²) in [6, 6.07) is 13.9. The number of benzene rings is 2. The van der Waals surface area contributed by atoms with E-state index in [1.807, 2.05) is 30.3 Å². The Labute approximate surface area is 203 Å². The van der Waals surface area contributed by atoms with Gasteiger partial charge in [-0.25, -0.2) is 13.4 Å². The topological polar surface area (TPSA) is 127 Å². The first kappa shape index (κ1) is 25.5. The van der Waals surface area contributed by atoms with Gasteiger partial charge in [0.1, 0.15) is 6.33 Å². The second kappa shape index (κ2) is 12.4. The van der Waals surface area contributed by atoms with Gasteiger partial charge in [-0.2, -0.15) is 9.40 Å². The lowest BCUT2D eigenvalue weighted by Crippen LogP contribution is -2.42. The van der Waals surface area contributed by atoms with E-state index in [2.05, 4.69) is 20.5 Å². The van der Waals surface area contributed by atoms with Crippen molar-refractivity contribution in [3.63, 3.8) is 0 Å². The Morgan fingerprint density at radius 2 is 1.88 bits per heavy atom. The summed E-state index contributed by atoms with van der Waals surface area (Å²) in [5.74, 6) is 0.878. The van der Waals surface area contributed by atoms with E-state index in [0.717, 1.165) is 5.56 Å². The van der Waals surface area contributed by atoms with Crippen molar-refractivity contribution in [2.24, 2.45) is 0 Å². The van der Waals surface area contributed by atoms with Gasteiger partial charge in [0.15, 0.2) is 16.7 Å². The lowest BCUT2D eigenvalue weighted by molar-refractivity contribution is -0.121. The zero-order chi connectivity index (χ0) is 24.4. The predicted octanol–water partition coefficient (Wildman–Crippen LogP) is 1.96. The molecule has 0 aliphatic carbocycles. The number of hydrogen-bond donors (Lipinski definition) is 2. The Morgan fingerprint density at radius 1 is 1.12 bits per heavy atom. The van der Waals surface area contributed by atoms with Crippen LogP contribution in [0.3, 0.4) is 0 Å². The van der Waals surface area contributed by atoms with E-state index in [1.54, 1.807) is 0 Å². The number of aromatic nitrogens is 3. The summed E-state index contributed by atoms with van der Waals surface area (Å²) in [4.78, 5) is 16.6. The fourth-order valence-corrected chi connectivity index (χ4v) is 5.18. The van der Waals surface area contributed by atoms with E-state index in [4.69, 9.17) is 9.47 Å². The fourth-order valence-electron chi connectivity index (χ4n) is 3.13. The molecule has 1 aromatic heterocycles. The number of thioether (sulfide) groups is 1. The van der Waals surface area contributed by atoms with Crippen molar-refractivity contribution in [2.45, 2.75) is 16.5 Å². The number of rotatable bonds is 13. The zero-order valence-electron chi connectivity index (χ0n) is 18.9. The number of ether oxygens (including phenoxy) is 2. The van der Waals surface area contributed by atoms with E-state index in [0.29, 0.717) is 35.4 Å². The quantitative estimate of drug-likeness (QED) is 0.267. The summed E-state index contributed by atoms with van der Waals surface area (Å²) in [5.41, 5.74) is 0.971. The third kappa shape index (κ3) is 6.95. The average Bonchev–Trinajstić information content (AvgIpc) is 3.38. The monoisotopic (exact) mass is 505 g/mol. The van der Waals surface area contributed by atoms with Gasteiger partial charge < -0.3 is 14.8 Å². The molecule has 3 rings (SSSR count). The largest absolute Gasteiger partial charge is 0.493 e. The Kier molecular flexibility index (Phi) is 9.31. The molecular formula is C22H27N5O5S2. The summed E-state index contributed by atoms with van der Waals surface area (Å²) in [6.07, 6.45) is 1.87. The minimum absolute atomic E-state index is 0.0203. The maximum absolute atomic E-state index is 13.5. The molecule has 0 radical (unpaired) electrons. The van der Waals surface area contributed by atoms with Crippen LogP contribution in [0.5, 0.6) is 11.5 Å². The minimum Gasteiger partial charge on any atom is -0.493 e. The zero-order valence-corrected chi connectivity index (χ0v) is 20.6. The van der Waals surface area contributed by atoms with Gasteiger partial charge in [-0.3, -0.25) is 9.89 Å². The molecule has 0 spiro atoms. The van der Waals surface area contributed by atoms with Crippen LogP contribution in [0.15, 0.2) is 64.9 Å². The van der Waals surface area contributed by atoms with Crippen LogP contribution in [0.1, 0.15) is 5.56 Å². The van der Waals surface area contributed by atoms with E-state index in [9.17, 15) is 13.2 Å². The summed E-state index contributed by atoms with van der Waals surface area (Å²) >= 11 is 1.40.